The van der Waals surface area contributed by atoms with Crippen LogP contribution in [0.15, 0.2) is 0 Å². The first-order chi connectivity index (χ1) is 11.0. The van der Waals surface area contributed by atoms with Crippen LogP contribution in [0.5, 0.6) is 0 Å². The Bertz CT molecular complexity index is 403. The van der Waals surface area contributed by atoms with Gasteiger partial charge in [-0.2, -0.15) is 0 Å². The SMILES string of the molecule is CCN(CC)C(=O)CN1CCN(C(=O)C2CCCC(N)C2)CC1. The van der Waals surface area contributed by atoms with Crippen molar-refractivity contribution in [2.75, 3.05) is 45.8 Å². The maximum Gasteiger partial charge on any atom is 0.236 e. The quantitative estimate of drug-likeness (QED) is 0.800. The molecule has 2 aliphatic rings. The van der Waals surface area contributed by atoms with Gasteiger partial charge >= 0.3 is 0 Å². The van der Waals surface area contributed by atoms with Crippen molar-refractivity contribution in [3.63, 3.8) is 0 Å². The highest BCUT2D eigenvalue weighted by Crippen LogP contribution is 2.25. The smallest absolute Gasteiger partial charge is 0.236 e. The molecule has 132 valence electrons. The van der Waals surface area contributed by atoms with Gasteiger partial charge in [-0.25, -0.2) is 0 Å². The van der Waals surface area contributed by atoms with Gasteiger partial charge in [0.15, 0.2) is 0 Å². The van der Waals surface area contributed by atoms with Crippen molar-refractivity contribution < 1.29 is 9.59 Å². The first-order valence-electron chi connectivity index (χ1n) is 9.09. The Kier molecular flexibility index (Phi) is 6.84. The van der Waals surface area contributed by atoms with Crippen molar-refractivity contribution in [1.29, 1.82) is 0 Å². The predicted molar refractivity (Wildman–Crippen MR) is 90.9 cm³/mol. The fraction of sp³-hybridized carbons (Fsp3) is 0.882. The van der Waals surface area contributed by atoms with Crippen LogP contribution in [-0.4, -0.2) is 78.4 Å². The van der Waals surface area contributed by atoms with Crippen LogP contribution in [0.1, 0.15) is 39.5 Å². The molecule has 0 spiro atoms. The third-order valence-corrected chi connectivity index (χ3v) is 5.22. The lowest BCUT2D eigenvalue weighted by molar-refractivity contribution is -0.139. The zero-order chi connectivity index (χ0) is 16.8. The molecule has 2 amide bonds. The molecule has 0 bridgehead atoms. The molecule has 23 heavy (non-hydrogen) atoms. The molecular formula is C17H32N4O2. The van der Waals surface area contributed by atoms with Crippen LogP contribution in [0.2, 0.25) is 0 Å². The average molecular weight is 324 g/mol. The molecule has 2 atom stereocenters. The van der Waals surface area contributed by atoms with E-state index in [0.717, 1.165) is 65.0 Å². The molecular weight excluding hydrogens is 292 g/mol. The molecule has 1 saturated heterocycles. The summed E-state index contributed by atoms with van der Waals surface area (Å²) < 4.78 is 0. The van der Waals surface area contributed by atoms with Crippen LogP contribution < -0.4 is 5.73 Å². The predicted octanol–water partition coefficient (Wildman–Crippen LogP) is 0.517. The second-order valence-corrected chi connectivity index (χ2v) is 6.79. The van der Waals surface area contributed by atoms with Crippen LogP contribution >= 0.6 is 0 Å². The van der Waals surface area contributed by atoms with E-state index in [2.05, 4.69) is 4.90 Å². The van der Waals surface area contributed by atoms with Crippen molar-refractivity contribution in [1.82, 2.24) is 14.7 Å². The molecule has 2 fully saturated rings. The van der Waals surface area contributed by atoms with Gasteiger partial charge in [0.25, 0.3) is 0 Å². The van der Waals surface area contributed by atoms with E-state index < -0.39 is 0 Å². The number of amides is 2. The zero-order valence-corrected chi connectivity index (χ0v) is 14.7. The van der Waals surface area contributed by atoms with Crippen molar-refractivity contribution in [2.45, 2.75) is 45.6 Å². The molecule has 0 aromatic heterocycles. The summed E-state index contributed by atoms with van der Waals surface area (Å²) >= 11 is 0. The van der Waals surface area contributed by atoms with Gasteiger partial charge in [0, 0.05) is 51.2 Å². The normalized spacial score (nSPS) is 26.1. The third kappa shape index (κ3) is 4.91. The van der Waals surface area contributed by atoms with Crippen LogP contribution in [0.4, 0.5) is 0 Å². The fourth-order valence-corrected chi connectivity index (χ4v) is 3.70. The highest BCUT2D eigenvalue weighted by Gasteiger charge is 2.31. The van der Waals surface area contributed by atoms with Crippen molar-refractivity contribution >= 4 is 11.8 Å². The first-order valence-corrected chi connectivity index (χ1v) is 9.09. The summed E-state index contributed by atoms with van der Waals surface area (Å²) in [4.78, 5) is 30.8. The van der Waals surface area contributed by atoms with Crippen LogP contribution in [0.3, 0.4) is 0 Å². The number of hydrogen-bond donors (Lipinski definition) is 1. The Morgan fingerprint density at radius 2 is 1.74 bits per heavy atom. The molecule has 0 aromatic carbocycles. The van der Waals surface area contributed by atoms with E-state index in [-0.39, 0.29) is 23.8 Å². The minimum absolute atomic E-state index is 0.114. The Balaban J connectivity index is 1.77. The summed E-state index contributed by atoms with van der Waals surface area (Å²) in [6.45, 7) is 9.05. The molecule has 1 heterocycles. The molecule has 1 saturated carbocycles. The van der Waals surface area contributed by atoms with E-state index in [1.165, 1.54) is 0 Å². The highest BCUT2D eigenvalue weighted by atomic mass is 16.2. The molecule has 6 heteroatoms. The maximum atomic E-state index is 12.6. The van der Waals surface area contributed by atoms with Crippen molar-refractivity contribution in [2.24, 2.45) is 11.7 Å². The number of nitrogens with two attached hydrogens (primary N) is 1. The van der Waals surface area contributed by atoms with E-state index >= 15 is 0 Å². The largest absolute Gasteiger partial charge is 0.342 e. The molecule has 6 nitrogen and oxygen atoms in total. The summed E-state index contributed by atoms with van der Waals surface area (Å²) in [7, 11) is 0. The minimum Gasteiger partial charge on any atom is -0.342 e. The standard InChI is InChI=1S/C17H32N4O2/c1-3-20(4-2)16(22)13-19-8-10-21(11-9-19)17(23)14-6-5-7-15(18)12-14/h14-15H,3-13,18H2,1-2H3. The van der Waals surface area contributed by atoms with Gasteiger partial charge in [0.05, 0.1) is 6.54 Å². The Morgan fingerprint density at radius 1 is 1.09 bits per heavy atom. The van der Waals surface area contributed by atoms with E-state index in [1.54, 1.807) is 0 Å². The summed E-state index contributed by atoms with van der Waals surface area (Å²) in [5, 5.41) is 0. The second-order valence-electron chi connectivity index (χ2n) is 6.79. The van der Waals surface area contributed by atoms with Crippen LogP contribution in [0, 0.1) is 5.92 Å². The number of hydrogen-bond acceptors (Lipinski definition) is 4. The number of nitrogens with zero attached hydrogens (tertiary/aromatic N) is 3. The van der Waals surface area contributed by atoms with Gasteiger partial charge in [0.2, 0.25) is 11.8 Å². The number of rotatable bonds is 5. The maximum absolute atomic E-state index is 12.6. The van der Waals surface area contributed by atoms with Crippen LogP contribution in [0.25, 0.3) is 0 Å². The van der Waals surface area contributed by atoms with Gasteiger partial charge in [-0.3, -0.25) is 14.5 Å². The zero-order valence-electron chi connectivity index (χ0n) is 14.7. The average Bonchev–Trinajstić information content (AvgIpc) is 2.56. The molecule has 2 N–H and O–H groups in total. The number of carbonyl (C=O) groups excluding carboxylic acids is 2. The van der Waals surface area contributed by atoms with Crippen LogP contribution in [-0.2, 0) is 9.59 Å². The molecule has 0 radical (unpaired) electrons. The lowest BCUT2D eigenvalue weighted by Gasteiger charge is -2.38. The van der Waals surface area contributed by atoms with E-state index in [4.69, 9.17) is 5.73 Å². The highest BCUT2D eigenvalue weighted by molar-refractivity contribution is 5.79. The Morgan fingerprint density at radius 3 is 2.30 bits per heavy atom. The minimum atomic E-state index is 0.114. The lowest BCUT2D eigenvalue weighted by atomic mass is 9.85. The van der Waals surface area contributed by atoms with E-state index in [1.807, 2.05) is 23.6 Å². The van der Waals surface area contributed by atoms with Gasteiger partial charge < -0.3 is 15.5 Å². The van der Waals surface area contributed by atoms with Crippen molar-refractivity contribution in [3.8, 4) is 0 Å². The Hall–Kier alpha value is -1.14. The fourth-order valence-electron chi connectivity index (χ4n) is 3.70. The van der Waals surface area contributed by atoms with Gasteiger partial charge in [0.1, 0.15) is 0 Å². The number of carbonyl (C=O) groups is 2. The van der Waals surface area contributed by atoms with E-state index in [0.29, 0.717) is 6.54 Å². The summed E-state index contributed by atoms with van der Waals surface area (Å²) in [6.07, 6.45) is 3.92. The summed E-state index contributed by atoms with van der Waals surface area (Å²) in [5.74, 6) is 0.575. The molecule has 2 unspecified atom stereocenters. The lowest BCUT2D eigenvalue weighted by Crippen LogP contribution is -2.53. The topological polar surface area (TPSA) is 69.9 Å². The second kappa shape index (κ2) is 8.64. The van der Waals surface area contributed by atoms with Gasteiger partial charge in [-0.05, 0) is 33.1 Å². The monoisotopic (exact) mass is 324 g/mol. The number of piperazine rings is 1. The van der Waals surface area contributed by atoms with Crippen molar-refractivity contribution in [3.05, 3.63) is 0 Å². The summed E-state index contributed by atoms with van der Waals surface area (Å²) in [5.41, 5.74) is 6.00. The molecule has 1 aliphatic heterocycles. The molecule has 1 aliphatic carbocycles. The summed E-state index contributed by atoms with van der Waals surface area (Å²) in [6, 6.07) is 0.186. The molecule has 0 aromatic rings. The molecule has 2 rings (SSSR count). The first kappa shape index (κ1) is 18.2. The van der Waals surface area contributed by atoms with Gasteiger partial charge in [-0.1, -0.05) is 6.42 Å². The van der Waals surface area contributed by atoms with E-state index in [9.17, 15) is 9.59 Å². The number of likely N-dealkylation sites (N-methyl/N-ethyl adjacent to an activating group) is 1. The third-order valence-electron chi connectivity index (χ3n) is 5.22. The van der Waals surface area contributed by atoms with Gasteiger partial charge in [-0.15, -0.1) is 0 Å². The Labute approximate surface area is 140 Å².